The third-order valence-electron chi connectivity index (χ3n) is 3.72. The highest BCUT2D eigenvalue weighted by Crippen LogP contribution is 2.34. The summed E-state index contributed by atoms with van der Waals surface area (Å²) in [6, 6.07) is 3.92. The zero-order valence-corrected chi connectivity index (χ0v) is 11.3. The summed E-state index contributed by atoms with van der Waals surface area (Å²) in [6.45, 7) is 3.20. The third kappa shape index (κ3) is 2.69. The molecule has 0 atom stereocenters. The maximum atomic E-state index is 10.6. The monoisotopic (exact) mass is 281 g/mol. The molecule has 1 aromatic carbocycles. The second-order valence-electron chi connectivity index (χ2n) is 5.31. The van der Waals surface area contributed by atoms with Gasteiger partial charge in [-0.1, -0.05) is 11.6 Å². The lowest BCUT2D eigenvalue weighted by Gasteiger charge is -2.38. The molecule has 0 unspecified atom stereocenters. The highest BCUT2D eigenvalue weighted by molar-refractivity contribution is 6.30. The molecular weight excluding hydrogens is 266 g/mol. The van der Waals surface area contributed by atoms with Gasteiger partial charge in [0, 0.05) is 36.6 Å². The van der Waals surface area contributed by atoms with Gasteiger partial charge in [-0.25, -0.2) is 0 Å². The van der Waals surface area contributed by atoms with Crippen molar-refractivity contribution in [2.45, 2.75) is 19.4 Å². The van der Waals surface area contributed by atoms with Gasteiger partial charge >= 0.3 is 5.97 Å². The number of fused-ring (bicyclic) bond motifs is 1. The van der Waals surface area contributed by atoms with Gasteiger partial charge in [0.1, 0.15) is 5.75 Å². The first-order valence-electron chi connectivity index (χ1n) is 6.50. The number of rotatable bonds is 4. The molecule has 102 valence electrons. The second kappa shape index (κ2) is 5.02. The Labute approximate surface area is 116 Å². The van der Waals surface area contributed by atoms with Crippen LogP contribution in [-0.4, -0.2) is 35.7 Å². The normalized spacial score (nSPS) is 18.8. The fraction of sp³-hybridized carbons (Fsp3) is 0.500. The Kier molecular flexibility index (Phi) is 3.37. The average Bonchev–Trinajstić information content (AvgIpc) is 2.73. The predicted molar refractivity (Wildman–Crippen MR) is 71.7 cm³/mol. The van der Waals surface area contributed by atoms with E-state index in [-0.39, 0.29) is 12.3 Å². The Hall–Kier alpha value is -1.26. The Balaban J connectivity index is 1.64. The van der Waals surface area contributed by atoms with Crippen LogP contribution in [0.4, 0.5) is 0 Å². The van der Waals surface area contributed by atoms with Crippen LogP contribution in [0, 0.1) is 5.92 Å². The van der Waals surface area contributed by atoms with Crippen molar-refractivity contribution >= 4 is 17.6 Å². The minimum absolute atomic E-state index is 0.265. The number of carboxylic acid groups (broad SMARTS) is 1. The Morgan fingerprint density at radius 3 is 3.00 bits per heavy atom. The number of ether oxygens (including phenoxy) is 1. The smallest absolute Gasteiger partial charge is 0.303 e. The topological polar surface area (TPSA) is 49.8 Å². The molecule has 0 amide bonds. The van der Waals surface area contributed by atoms with E-state index in [9.17, 15) is 4.79 Å². The van der Waals surface area contributed by atoms with Crippen molar-refractivity contribution in [3.05, 3.63) is 28.3 Å². The van der Waals surface area contributed by atoms with Gasteiger partial charge in [-0.3, -0.25) is 9.69 Å². The van der Waals surface area contributed by atoms with Crippen molar-refractivity contribution in [1.82, 2.24) is 4.90 Å². The lowest BCUT2D eigenvalue weighted by Crippen LogP contribution is -2.46. The van der Waals surface area contributed by atoms with E-state index in [1.54, 1.807) is 0 Å². The molecule has 5 heteroatoms. The SMILES string of the molecule is O=C(O)CC1CN(Cc2cc(Cl)cc3c2OCC3)C1. The lowest BCUT2D eigenvalue weighted by molar-refractivity contribution is -0.139. The molecule has 4 nitrogen and oxygen atoms in total. The minimum Gasteiger partial charge on any atom is -0.493 e. The second-order valence-corrected chi connectivity index (χ2v) is 5.75. The number of hydrogen-bond acceptors (Lipinski definition) is 3. The fourth-order valence-electron chi connectivity index (χ4n) is 2.89. The van der Waals surface area contributed by atoms with Crippen molar-refractivity contribution in [3.8, 4) is 5.75 Å². The van der Waals surface area contributed by atoms with Crippen LogP contribution in [0.15, 0.2) is 12.1 Å². The number of aliphatic carboxylic acids is 1. The third-order valence-corrected chi connectivity index (χ3v) is 3.93. The van der Waals surface area contributed by atoms with E-state index < -0.39 is 5.97 Å². The van der Waals surface area contributed by atoms with Gasteiger partial charge in [0.25, 0.3) is 0 Å². The van der Waals surface area contributed by atoms with E-state index in [1.807, 2.05) is 12.1 Å². The van der Waals surface area contributed by atoms with E-state index in [4.69, 9.17) is 21.4 Å². The van der Waals surface area contributed by atoms with Crippen molar-refractivity contribution in [2.24, 2.45) is 5.92 Å². The van der Waals surface area contributed by atoms with Crippen LogP contribution in [-0.2, 0) is 17.8 Å². The summed E-state index contributed by atoms with van der Waals surface area (Å²) in [4.78, 5) is 12.8. The van der Waals surface area contributed by atoms with Gasteiger partial charge in [-0.15, -0.1) is 0 Å². The van der Waals surface area contributed by atoms with Crippen molar-refractivity contribution in [2.75, 3.05) is 19.7 Å². The van der Waals surface area contributed by atoms with E-state index in [0.29, 0.717) is 0 Å². The van der Waals surface area contributed by atoms with Crippen LogP contribution in [0.1, 0.15) is 17.5 Å². The molecule has 3 rings (SSSR count). The first-order chi connectivity index (χ1) is 9.11. The summed E-state index contributed by atoms with van der Waals surface area (Å²) < 4.78 is 5.67. The summed E-state index contributed by atoms with van der Waals surface area (Å²) in [5.74, 6) is 0.549. The first-order valence-corrected chi connectivity index (χ1v) is 6.88. The molecule has 19 heavy (non-hydrogen) atoms. The quantitative estimate of drug-likeness (QED) is 0.919. The summed E-state index contributed by atoms with van der Waals surface area (Å²) in [7, 11) is 0. The molecule has 0 spiro atoms. The van der Waals surface area contributed by atoms with Crippen molar-refractivity contribution in [3.63, 3.8) is 0 Å². The highest BCUT2D eigenvalue weighted by atomic mass is 35.5. The van der Waals surface area contributed by atoms with Crippen LogP contribution in [0.2, 0.25) is 5.02 Å². The van der Waals surface area contributed by atoms with Crippen LogP contribution >= 0.6 is 11.6 Å². The highest BCUT2D eigenvalue weighted by Gasteiger charge is 2.29. The molecule has 1 fully saturated rings. The number of likely N-dealkylation sites (tertiary alicyclic amines) is 1. The zero-order chi connectivity index (χ0) is 13.4. The fourth-order valence-corrected chi connectivity index (χ4v) is 3.15. The molecule has 1 saturated heterocycles. The van der Waals surface area contributed by atoms with E-state index in [0.717, 1.165) is 49.0 Å². The van der Waals surface area contributed by atoms with E-state index >= 15 is 0 Å². The summed E-state index contributed by atoms with van der Waals surface area (Å²) in [5.41, 5.74) is 2.30. The molecule has 0 saturated carbocycles. The lowest BCUT2D eigenvalue weighted by atomic mass is 9.95. The molecule has 2 aliphatic heterocycles. The Morgan fingerprint density at radius 1 is 1.47 bits per heavy atom. The number of benzene rings is 1. The first kappa shape index (κ1) is 12.8. The van der Waals surface area contributed by atoms with Crippen LogP contribution < -0.4 is 4.74 Å². The summed E-state index contributed by atoms with van der Waals surface area (Å²) >= 11 is 6.12. The van der Waals surface area contributed by atoms with Gasteiger partial charge in [0.05, 0.1) is 13.0 Å². The number of halogens is 1. The van der Waals surface area contributed by atoms with Gasteiger partial charge in [0.15, 0.2) is 0 Å². The molecular formula is C14H16ClNO3. The van der Waals surface area contributed by atoms with Crippen LogP contribution in [0.5, 0.6) is 5.75 Å². The van der Waals surface area contributed by atoms with E-state index in [1.165, 1.54) is 5.56 Å². The number of nitrogens with zero attached hydrogens (tertiary/aromatic N) is 1. The number of carbonyl (C=O) groups is 1. The zero-order valence-electron chi connectivity index (χ0n) is 10.6. The molecule has 0 aliphatic carbocycles. The maximum absolute atomic E-state index is 10.6. The van der Waals surface area contributed by atoms with Crippen molar-refractivity contribution in [1.29, 1.82) is 0 Å². The number of carboxylic acids is 1. The molecule has 0 bridgehead atoms. The summed E-state index contributed by atoms with van der Waals surface area (Å²) in [5, 5.41) is 9.48. The number of hydrogen-bond donors (Lipinski definition) is 1. The molecule has 0 aromatic heterocycles. The summed E-state index contributed by atoms with van der Waals surface area (Å²) in [6.07, 6.45) is 1.19. The average molecular weight is 282 g/mol. The maximum Gasteiger partial charge on any atom is 0.303 e. The van der Waals surface area contributed by atoms with Gasteiger partial charge in [0.2, 0.25) is 0 Å². The molecule has 0 radical (unpaired) electrons. The molecule has 1 aromatic rings. The molecule has 1 N–H and O–H groups in total. The molecule has 2 aliphatic rings. The predicted octanol–water partition coefficient (Wildman–Crippen LogP) is 2.18. The van der Waals surface area contributed by atoms with Gasteiger partial charge < -0.3 is 9.84 Å². The minimum atomic E-state index is -0.711. The molecule has 2 heterocycles. The Morgan fingerprint density at radius 2 is 2.26 bits per heavy atom. The van der Waals surface area contributed by atoms with Gasteiger partial charge in [-0.2, -0.15) is 0 Å². The van der Waals surface area contributed by atoms with Crippen LogP contribution in [0.3, 0.4) is 0 Å². The van der Waals surface area contributed by atoms with E-state index in [2.05, 4.69) is 4.90 Å². The standard InChI is InChI=1S/C14H16ClNO3/c15-12-4-10-1-2-19-14(10)11(5-12)8-16-6-9(7-16)3-13(17)18/h4-5,9H,1-3,6-8H2,(H,17,18). The van der Waals surface area contributed by atoms with Gasteiger partial charge in [-0.05, 0) is 23.6 Å². The largest absolute Gasteiger partial charge is 0.493 e. The van der Waals surface area contributed by atoms with Crippen molar-refractivity contribution < 1.29 is 14.6 Å². The Bertz CT molecular complexity index is 512. The van der Waals surface area contributed by atoms with Crippen LogP contribution in [0.25, 0.3) is 0 Å².